The molecule has 5 nitrogen and oxygen atoms in total. The minimum absolute atomic E-state index is 0.197. The van der Waals surface area contributed by atoms with Gasteiger partial charge in [-0.25, -0.2) is 0 Å². The third kappa shape index (κ3) is 2.35. The van der Waals surface area contributed by atoms with Gasteiger partial charge in [0, 0.05) is 12.1 Å². The van der Waals surface area contributed by atoms with Crippen LogP contribution in [0.25, 0.3) is 0 Å². The second kappa shape index (κ2) is 4.55. The van der Waals surface area contributed by atoms with Gasteiger partial charge >= 0.3 is 0 Å². The second-order valence-electron chi connectivity index (χ2n) is 4.51. The lowest BCUT2D eigenvalue weighted by Gasteiger charge is -2.29. The van der Waals surface area contributed by atoms with Crippen molar-refractivity contribution in [3.63, 3.8) is 0 Å². The Morgan fingerprint density at radius 1 is 1.38 bits per heavy atom. The second-order valence-corrected chi connectivity index (χ2v) is 4.51. The minimum atomic E-state index is -0.276. The van der Waals surface area contributed by atoms with Crippen LogP contribution in [0.3, 0.4) is 0 Å². The number of H-pyrrole nitrogens is 2. The van der Waals surface area contributed by atoms with Gasteiger partial charge in [0.2, 0.25) is 0 Å². The Labute approximate surface area is 93.6 Å². The number of hydrogen-bond donors (Lipinski definition) is 3. The van der Waals surface area contributed by atoms with E-state index in [2.05, 4.69) is 22.4 Å². The number of hydrogen-bond acceptors (Lipinski definition) is 2. The highest BCUT2D eigenvalue weighted by molar-refractivity contribution is 5.92. The highest BCUT2D eigenvalue weighted by Crippen LogP contribution is 2.23. The third-order valence-electron chi connectivity index (χ3n) is 3.27. The lowest BCUT2D eigenvalue weighted by Crippen LogP contribution is -2.41. The van der Waals surface area contributed by atoms with E-state index in [0.29, 0.717) is 11.6 Å². The third-order valence-corrected chi connectivity index (χ3v) is 3.27. The van der Waals surface area contributed by atoms with Gasteiger partial charge < -0.3 is 5.32 Å². The lowest BCUT2D eigenvalue weighted by atomic mass is 9.86. The molecule has 3 N–H and O–H groups in total. The summed E-state index contributed by atoms with van der Waals surface area (Å²) in [6, 6.07) is 1.52. The van der Waals surface area contributed by atoms with E-state index in [9.17, 15) is 9.59 Å². The molecule has 1 aromatic heterocycles. The van der Waals surface area contributed by atoms with Crippen molar-refractivity contribution in [2.75, 3.05) is 0 Å². The molecule has 2 rings (SSSR count). The van der Waals surface area contributed by atoms with Gasteiger partial charge in [-0.2, -0.15) is 0 Å². The number of aromatic amines is 2. The van der Waals surface area contributed by atoms with E-state index in [1.165, 1.54) is 18.9 Å². The van der Waals surface area contributed by atoms with Crippen molar-refractivity contribution in [1.82, 2.24) is 15.5 Å². The molecule has 1 aromatic rings. The van der Waals surface area contributed by atoms with E-state index in [0.717, 1.165) is 12.8 Å². The standard InChI is InChI=1S/C11H17N3O2/c1-7-4-2-3-5-8(7)12-11(16)9-6-10(15)14-13-9/h6-8H,2-5H2,1H3,(H,12,16)(H2,13,14,15). The Balaban J connectivity index is 1.98. The van der Waals surface area contributed by atoms with Crippen molar-refractivity contribution in [3.8, 4) is 0 Å². The molecule has 2 unspecified atom stereocenters. The Hall–Kier alpha value is -1.52. The average Bonchev–Trinajstić information content (AvgIpc) is 2.68. The van der Waals surface area contributed by atoms with Gasteiger partial charge in [-0.05, 0) is 18.8 Å². The topological polar surface area (TPSA) is 77.8 Å². The van der Waals surface area contributed by atoms with Gasteiger partial charge in [0.05, 0.1) is 0 Å². The van der Waals surface area contributed by atoms with Crippen molar-refractivity contribution in [2.24, 2.45) is 5.92 Å². The molecular weight excluding hydrogens is 206 g/mol. The number of carbonyl (C=O) groups excluding carboxylic acids is 1. The van der Waals surface area contributed by atoms with Crippen LogP contribution in [0.4, 0.5) is 0 Å². The van der Waals surface area contributed by atoms with Crippen molar-refractivity contribution >= 4 is 5.91 Å². The van der Waals surface area contributed by atoms with Crippen molar-refractivity contribution < 1.29 is 4.79 Å². The van der Waals surface area contributed by atoms with E-state index in [4.69, 9.17) is 0 Å². The molecule has 1 heterocycles. The Morgan fingerprint density at radius 3 is 2.75 bits per heavy atom. The highest BCUT2D eigenvalue weighted by atomic mass is 16.2. The zero-order chi connectivity index (χ0) is 11.5. The summed E-state index contributed by atoms with van der Waals surface area (Å²) in [5.41, 5.74) is 0.0321. The summed E-state index contributed by atoms with van der Waals surface area (Å²) in [6.45, 7) is 2.16. The summed E-state index contributed by atoms with van der Waals surface area (Å²) in [7, 11) is 0. The quantitative estimate of drug-likeness (QED) is 0.699. The molecule has 0 aliphatic heterocycles. The first-order chi connectivity index (χ1) is 7.66. The summed E-state index contributed by atoms with van der Waals surface area (Å²) in [5, 5.41) is 7.89. The molecule has 0 bridgehead atoms. The predicted molar refractivity (Wildman–Crippen MR) is 60.3 cm³/mol. The number of carbonyl (C=O) groups is 1. The lowest BCUT2D eigenvalue weighted by molar-refractivity contribution is 0.0905. The molecule has 1 saturated carbocycles. The Bertz CT molecular complexity index is 421. The van der Waals surface area contributed by atoms with Gasteiger partial charge in [-0.1, -0.05) is 19.8 Å². The molecule has 0 aromatic carbocycles. The maximum atomic E-state index is 11.8. The molecule has 1 aliphatic carbocycles. The fourth-order valence-corrected chi connectivity index (χ4v) is 2.23. The monoisotopic (exact) mass is 223 g/mol. The van der Waals surface area contributed by atoms with Crippen molar-refractivity contribution in [2.45, 2.75) is 38.6 Å². The van der Waals surface area contributed by atoms with Gasteiger partial charge in [-0.3, -0.25) is 19.8 Å². The van der Waals surface area contributed by atoms with E-state index in [1.807, 2.05) is 0 Å². The molecule has 0 spiro atoms. The fraction of sp³-hybridized carbons (Fsp3) is 0.636. The molecule has 0 saturated heterocycles. The smallest absolute Gasteiger partial charge is 0.269 e. The Kier molecular flexibility index (Phi) is 3.12. The van der Waals surface area contributed by atoms with E-state index in [1.54, 1.807) is 0 Å². The van der Waals surface area contributed by atoms with Crippen LogP contribution in [0.15, 0.2) is 10.9 Å². The van der Waals surface area contributed by atoms with Crippen LogP contribution in [-0.4, -0.2) is 22.1 Å². The molecule has 16 heavy (non-hydrogen) atoms. The number of nitrogens with one attached hydrogen (secondary N) is 3. The summed E-state index contributed by atoms with van der Waals surface area (Å²) < 4.78 is 0. The van der Waals surface area contributed by atoms with Gasteiger partial charge in [-0.15, -0.1) is 0 Å². The molecule has 1 amide bonds. The first kappa shape index (κ1) is 11.0. The van der Waals surface area contributed by atoms with E-state index >= 15 is 0 Å². The SMILES string of the molecule is CC1CCCCC1NC(=O)c1cc(=O)[nH][nH]1. The van der Waals surface area contributed by atoms with Crippen LogP contribution in [-0.2, 0) is 0 Å². The molecule has 1 aliphatic rings. The number of amides is 1. The van der Waals surface area contributed by atoms with Gasteiger partial charge in [0.1, 0.15) is 5.69 Å². The van der Waals surface area contributed by atoms with Crippen LogP contribution in [0, 0.1) is 5.92 Å². The summed E-state index contributed by atoms with van der Waals surface area (Å²) >= 11 is 0. The zero-order valence-electron chi connectivity index (χ0n) is 9.38. The fourth-order valence-electron chi connectivity index (χ4n) is 2.23. The van der Waals surface area contributed by atoms with Gasteiger partial charge in [0.25, 0.3) is 11.5 Å². The molecule has 0 radical (unpaired) electrons. The van der Waals surface area contributed by atoms with Crippen molar-refractivity contribution in [1.29, 1.82) is 0 Å². The summed E-state index contributed by atoms with van der Waals surface area (Å²) in [4.78, 5) is 22.7. The summed E-state index contributed by atoms with van der Waals surface area (Å²) in [5.74, 6) is 0.320. The maximum absolute atomic E-state index is 11.8. The highest BCUT2D eigenvalue weighted by Gasteiger charge is 2.23. The first-order valence-corrected chi connectivity index (χ1v) is 5.75. The van der Waals surface area contributed by atoms with Crippen molar-refractivity contribution in [3.05, 3.63) is 22.1 Å². The van der Waals surface area contributed by atoms with Crippen LogP contribution in [0.1, 0.15) is 43.1 Å². The molecule has 5 heteroatoms. The van der Waals surface area contributed by atoms with E-state index in [-0.39, 0.29) is 17.5 Å². The molecule has 2 atom stereocenters. The summed E-state index contributed by atoms with van der Waals surface area (Å²) in [6.07, 6.45) is 4.60. The van der Waals surface area contributed by atoms with Crippen LogP contribution in [0.2, 0.25) is 0 Å². The Morgan fingerprint density at radius 2 is 2.12 bits per heavy atom. The van der Waals surface area contributed by atoms with Crippen LogP contribution < -0.4 is 10.9 Å². The normalized spacial score (nSPS) is 25.3. The van der Waals surface area contributed by atoms with E-state index < -0.39 is 0 Å². The van der Waals surface area contributed by atoms with Crippen LogP contribution >= 0.6 is 0 Å². The molecular formula is C11H17N3O2. The van der Waals surface area contributed by atoms with Gasteiger partial charge in [0.15, 0.2) is 0 Å². The minimum Gasteiger partial charge on any atom is -0.348 e. The number of rotatable bonds is 2. The largest absolute Gasteiger partial charge is 0.348 e. The average molecular weight is 223 g/mol. The maximum Gasteiger partial charge on any atom is 0.269 e. The zero-order valence-corrected chi connectivity index (χ0v) is 9.38. The first-order valence-electron chi connectivity index (χ1n) is 5.75. The van der Waals surface area contributed by atoms with Crippen LogP contribution in [0.5, 0.6) is 0 Å². The number of aromatic nitrogens is 2. The molecule has 88 valence electrons. The molecule has 1 fully saturated rings. The predicted octanol–water partition coefficient (Wildman–Crippen LogP) is 1.01.